The van der Waals surface area contributed by atoms with Gasteiger partial charge in [-0.3, -0.25) is 4.79 Å². The van der Waals surface area contributed by atoms with Crippen molar-refractivity contribution >= 4 is 17.6 Å². The van der Waals surface area contributed by atoms with Crippen molar-refractivity contribution in [2.45, 2.75) is 0 Å². The highest BCUT2D eigenvalue weighted by molar-refractivity contribution is 6.04. The highest BCUT2D eigenvalue weighted by atomic mass is 16.6. The molecule has 0 aliphatic carbocycles. The second-order valence-corrected chi connectivity index (χ2v) is 5.72. The van der Waals surface area contributed by atoms with Crippen molar-refractivity contribution in [1.29, 1.82) is 5.26 Å². The third-order valence-electron chi connectivity index (χ3n) is 3.73. The third-order valence-corrected chi connectivity index (χ3v) is 3.73. The smallest absolute Gasteiger partial charge is 0.349 e. The van der Waals surface area contributed by atoms with Crippen LogP contribution in [0.25, 0.3) is 0 Å². The zero-order valence-electron chi connectivity index (χ0n) is 14.8. The topological polar surface area (TPSA) is 88.4 Å². The van der Waals surface area contributed by atoms with Gasteiger partial charge in [0, 0.05) is 11.3 Å². The molecule has 0 fully saturated rings. The maximum atomic E-state index is 12.1. The molecule has 0 saturated heterocycles. The number of esters is 1. The van der Waals surface area contributed by atoms with Crippen LogP contribution in [0.2, 0.25) is 0 Å². The first kappa shape index (κ1) is 18.7. The molecule has 0 spiro atoms. The number of nitriles is 1. The van der Waals surface area contributed by atoms with Crippen molar-refractivity contribution in [3.05, 3.63) is 90.0 Å². The van der Waals surface area contributed by atoms with Crippen molar-refractivity contribution in [3.63, 3.8) is 0 Å². The number of hydrogen-bond acceptors (Lipinski definition) is 5. The van der Waals surface area contributed by atoms with Gasteiger partial charge < -0.3 is 14.8 Å². The van der Waals surface area contributed by atoms with Gasteiger partial charge in [0.25, 0.3) is 5.91 Å². The number of carbonyl (C=O) groups is 2. The molecule has 0 bridgehead atoms. The summed E-state index contributed by atoms with van der Waals surface area (Å²) in [6, 6.07) is 23.9. The first-order valence-corrected chi connectivity index (χ1v) is 8.45. The van der Waals surface area contributed by atoms with E-state index in [-0.39, 0.29) is 12.5 Å². The van der Waals surface area contributed by atoms with E-state index in [0.29, 0.717) is 28.3 Å². The van der Waals surface area contributed by atoms with Gasteiger partial charge in [0.2, 0.25) is 0 Å². The summed E-state index contributed by atoms with van der Waals surface area (Å²) in [5, 5.41) is 11.8. The molecule has 1 N–H and O–H groups in total. The Morgan fingerprint density at radius 1 is 0.893 bits per heavy atom. The summed E-state index contributed by atoms with van der Waals surface area (Å²) >= 11 is 0. The summed E-state index contributed by atoms with van der Waals surface area (Å²) in [7, 11) is 0. The Labute approximate surface area is 161 Å². The summed E-state index contributed by atoms with van der Waals surface area (Å²) in [5.74, 6) is -0.190. The number of rotatable bonds is 6. The van der Waals surface area contributed by atoms with E-state index in [0.717, 1.165) is 0 Å². The standard InChI is InChI=1S/C22H16N2O4/c23-14-17-8-4-5-9-20(17)27-15-21(25)28-19-12-10-18(11-13-19)24-22(26)16-6-2-1-3-7-16/h1-13H,15H2,(H,24,26). The van der Waals surface area contributed by atoms with Gasteiger partial charge in [-0.2, -0.15) is 5.26 Å². The molecule has 0 aliphatic heterocycles. The lowest BCUT2D eigenvalue weighted by atomic mass is 10.2. The average Bonchev–Trinajstić information content (AvgIpc) is 2.74. The minimum absolute atomic E-state index is 0.227. The van der Waals surface area contributed by atoms with Gasteiger partial charge >= 0.3 is 5.97 Å². The fourth-order valence-electron chi connectivity index (χ4n) is 2.38. The minimum atomic E-state index is -0.603. The molecule has 6 nitrogen and oxygen atoms in total. The zero-order valence-corrected chi connectivity index (χ0v) is 14.8. The Hall–Kier alpha value is -4.11. The predicted octanol–water partition coefficient (Wildman–Crippen LogP) is 3.79. The van der Waals surface area contributed by atoms with Crippen LogP contribution < -0.4 is 14.8 Å². The average molecular weight is 372 g/mol. The van der Waals surface area contributed by atoms with Gasteiger partial charge in [0.05, 0.1) is 5.56 Å². The molecule has 3 aromatic carbocycles. The second-order valence-electron chi connectivity index (χ2n) is 5.72. The molecule has 3 aromatic rings. The Morgan fingerprint density at radius 3 is 2.29 bits per heavy atom. The first-order valence-electron chi connectivity index (χ1n) is 8.45. The molecule has 0 aromatic heterocycles. The van der Waals surface area contributed by atoms with Crippen LogP contribution in [0.1, 0.15) is 15.9 Å². The molecule has 3 rings (SSSR count). The lowest BCUT2D eigenvalue weighted by Gasteiger charge is -2.09. The summed E-state index contributed by atoms with van der Waals surface area (Å²) in [6.07, 6.45) is 0. The summed E-state index contributed by atoms with van der Waals surface area (Å²) in [5.41, 5.74) is 1.47. The van der Waals surface area contributed by atoms with Crippen LogP contribution in [0.4, 0.5) is 5.69 Å². The van der Waals surface area contributed by atoms with Crippen molar-refractivity contribution in [1.82, 2.24) is 0 Å². The van der Waals surface area contributed by atoms with E-state index in [9.17, 15) is 9.59 Å². The molecular weight excluding hydrogens is 356 g/mol. The Bertz CT molecular complexity index is 1010. The number of amides is 1. The van der Waals surface area contributed by atoms with Gasteiger partial charge in [0.1, 0.15) is 17.6 Å². The number of nitrogens with one attached hydrogen (secondary N) is 1. The number of nitrogens with zero attached hydrogens (tertiary/aromatic N) is 1. The molecule has 0 unspecified atom stereocenters. The Kier molecular flexibility index (Phi) is 6.01. The van der Waals surface area contributed by atoms with E-state index in [4.69, 9.17) is 14.7 Å². The summed E-state index contributed by atoms with van der Waals surface area (Å²) in [4.78, 5) is 24.0. The molecule has 0 atom stereocenters. The van der Waals surface area contributed by atoms with Gasteiger partial charge in [-0.05, 0) is 48.5 Å². The van der Waals surface area contributed by atoms with Crippen molar-refractivity contribution in [2.75, 3.05) is 11.9 Å². The largest absolute Gasteiger partial charge is 0.481 e. The number of ether oxygens (including phenoxy) is 2. The molecule has 0 aliphatic rings. The van der Waals surface area contributed by atoms with Crippen molar-refractivity contribution < 1.29 is 19.1 Å². The van der Waals surface area contributed by atoms with Crippen LogP contribution in [-0.2, 0) is 4.79 Å². The van der Waals surface area contributed by atoms with Gasteiger partial charge in [-0.15, -0.1) is 0 Å². The normalized spacial score (nSPS) is 9.82. The maximum Gasteiger partial charge on any atom is 0.349 e. The highest BCUT2D eigenvalue weighted by Crippen LogP contribution is 2.18. The Balaban J connectivity index is 1.53. The van der Waals surface area contributed by atoms with E-state index in [1.807, 2.05) is 12.1 Å². The first-order chi connectivity index (χ1) is 13.7. The molecule has 0 saturated carbocycles. The minimum Gasteiger partial charge on any atom is -0.481 e. The van der Waals surface area contributed by atoms with Crippen LogP contribution in [0.15, 0.2) is 78.9 Å². The number of benzene rings is 3. The molecule has 1 amide bonds. The number of carbonyl (C=O) groups excluding carboxylic acids is 2. The van der Waals surface area contributed by atoms with Gasteiger partial charge in [0.15, 0.2) is 6.61 Å². The highest BCUT2D eigenvalue weighted by Gasteiger charge is 2.09. The van der Waals surface area contributed by atoms with E-state index >= 15 is 0 Å². The quantitative estimate of drug-likeness (QED) is 0.525. The van der Waals surface area contributed by atoms with Crippen molar-refractivity contribution in [3.8, 4) is 17.6 Å². The fraction of sp³-hybridized carbons (Fsp3) is 0.0455. The lowest BCUT2D eigenvalue weighted by molar-refractivity contribution is -0.136. The van der Waals surface area contributed by atoms with E-state index in [2.05, 4.69) is 5.32 Å². The lowest BCUT2D eigenvalue weighted by Crippen LogP contribution is -2.18. The number of para-hydroxylation sites is 1. The van der Waals surface area contributed by atoms with Crippen LogP contribution in [-0.4, -0.2) is 18.5 Å². The third kappa shape index (κ3) is 4.96. The number of anilines is 1. The van der Waals surface area contributed by atoms with Crippen LogP contribution in [0.5, 0.6) is 11.5 Å². The monoisotopic (exact) mass is 372 g/mol. The fourth-order valence-corrected chi connectivity index (χ4v) is 2.38. The molecule has 138 valence electrons. The maximum absolute atomic E-state index is 12.1. The van der Waals surface area contributed by atoms with Gasteiger partial charge in [-0.25, -0.2) is 4.79 Å². The molecule has 0 heterocycles. The molecule has 0 radical (unpaired) electrons. The van der Waals surface area contributed by atoms with E-state index in [1.165, 1.54) is 0 Å². The van der Waals surface area contributed by atoms with Crippen LogP contribution in [0.3, 0.4) is 0 Å². The molecular formula is C22H16N2O4. The predicted molar refractivity (Wildman–Crippen MR) is 103 cm³/mol. The van der Waals surface area contributed by atoms with E-state index < -0.39 is 5.97 Å². The molecule has 6 heteroatoms. The molecule has 28 heavy (non-hydrogen) atoms. The zero-order chi connectivity index (χ0) is 19.8. The summed E-state index contributed by atoms with van der Waals surface area (Å²) in [6.45, 7) is -0.328. The summed E-state index contributed by atoms with van der Waals surface area (Å²) < 4.78 is 10.5. The van der Waals surface area contributed by atoms with Gasteiger partial charge in [-0.1, -0.05) is 30.3 Å². The SMILES string of the molecule is N#Cc1ccccc1OCC(=O)Oc1ccc(NC(=O)c2ccccc2)cc1. The van der Waals surface area contributed by atoms with Crippen molar-refractivity contribution in [2.24, 2.45) is 0 Å². The van der Waals surface area contributed by atoms with E-state index in [1.54, 1.807) is 72.8 Å². The van der Waals surface area contributed by atoms with Crippen LogP contribution >= 0.6 is 0 Å². The Morgan fingerprint density at radius 2 is 1.57 bits per heavy atom. The van der Waals surface area contributed by atoms with Crippen LogP contribution in [0, 0.1) is 11.3 Å². The number of hydrogen-bond donors (Lipinski definition) is 1. The second kappa shape index (κ2) is 9.01.